The van der Waals surface area contributed by atoms with Crippen molar-refractivity contribution in [1.82, 2.24) is 9.55 Å². The van der Waals surface area contributed by atoms with Gasteiger partial charge >= 0.3 is 0 Å². The summed E-state index contributed by atoms with van der Waals surface area (Å²) >= 11 is 5.41. The molecule has 0 bridgehead atoms. The van der Waals surface area contributed by atoms with Crippen LogP contribution in [0.4, 0.5) is 0 Å². The number of rotatable bonds is 1. The average molecular weight is 296 g/mol. The zero-order valence-electron chi connectivity index (χ0n) is 10.7. The van der Waals surface area contributed by atoms with Crippen LogP contribution in [0.25, 0.3) is 11.0 Å². The van der Waals surface area contributed by atoms with Gasteiger partial charge in [0.25, 0.3) is 0 Å². The number of hydrogen-bond acceptors (Lipinski definition) is 3. The third-order valence-electron chi connectivity index (χ3n) is 3.85. The van der Waals surface area contributed by atoms with Gasteiger partial charge in [-0.1, -0.05) is 12.1 Å². The van der Waals surface area contributed by atoms with E-state index in [9.17, 15) is 8.42 Å². The Balaban J connectivity index is 2.09. The number of fused-ring (bicyclic) bond motifs is 1. The second-order valence-corrected chi connectivity index (χ2v) is 7.84. The molecular weight excluding hydrogens is 280 g/mol. The number of imidazole rings is 1. The molecule has 1 aromatic carbocycles. The molecule has 0 atom stereocenters. The van der Waals surface area contributed by atoms with E-state index < -0.39 is 9.84 Å². The Labute approximate surface area is 117 Å². The minimum absolute atomic E-state index is 0.187. The number of aromatic nitrogens is 2. The van der Waals surface area contributed by atoms with E-state index in [-0.39, 0.29) is 17.5 Å². The summed E-state index contributed by atoms with van der Waals surface area (Å²) in [7, 11) is -2.84. The van der Waals surface area contributed by atoms with Crippen LogP contribution in [-0.4, -0.2) is 29.5 Å². The van der Waals surface area contributed by atoms with Crippen molar-refractivity contribution in [1.29, 1.82) is 0 Å². The standard InChI is InChI=1S/C13H16N2O2S2/c1-9-3-2-4-11-12(9)14-13(18)15(11)10-5-7-19(16,17)8-6-10/h2-4,10H,5-8H2,1H3,(H,14,18). The molecule has 0 saturated carbocycles. The van der Waals surface area contributed by atoms with Gasteiger partial charge in [0.2, 0.25) is 0 Å². The molecule has 1 fully saturated rings. The fourth-order valence-corrected chi connectivity index (χ4v) is 4.61. The van der Waals surface area contributed by atoms with Gasteiger partial charge < -0.3 is 9.55 Å². The number of sulfone groups is 1. The van der Waals surface area contributed by atoms with E-state index >= 15 is 0 Å². The van der Waals surface area contributed by atoms with Crippen molar-refractivity contribution >= 4 is 33.1 Å². The lowest BCUT2D eigenvalue weighted by Gasteiger charge is -2.23. The molecule has 102 valence electrons. The van der Waals surface area contributed by atoms with Gasteiger partial charge in [-0.05, 0) is 43.6 Å². The van der Waals surface area contributed by atoms with Crippen molar-refractivity contribution in [3.8, 4) is 0 Å². The van der Waals surface area contributed by atoms with Gasteiger partial charge in [0.1, 0.15) is 9.84 Å². The van der Waals surface area contributed by atoms with E-state index in [0.717, 1.165) is 16.6 Å². The van der Waals surface area contributed by atoms with Crippen LogP contribution in [-0.2, 0) is 9.84 Å². The number of nitrogens with one attached hydrogen (secondary N) is 1. The Morgan fingerprint density at radius 1 is 1.32 bits per heavy atom. The second kappa shape index (κ2) is 4.45. The lowest BCUT2D eigenvalue weighted by molar-refractivity contribution is 0.455. The summed E-state index contributed by atoms with van der Waals surface area (Å²) in [5, 5.41) is 0. The lowest BCUT2D eigenvalue weighted by atomic mass is 10.1. The number of nitrogens with zero attached hydrogens (tertiary/aromatic N) is 1. The molecule has 1 aromatic heterocycles. The molecule has 2 heterocycles. The first-order valence-corrected chi connectivity index (χ1v) is 8.61. The van der Waals surface area contributed by atoms with Crippen LogP contribution in [0.3, 0.4) is 0 Å². The molecule has 1 aliphatic rings. The Hall–Kier alpha value is -1.14. The molecule has 4 nitrogen and oxygen atoms in total. The molecule has 19 heavy (non-hydrogen) atoms. The van der Waals surface area contributed by atoms with Crippen molar-refractivity contribution in [2.75, 3.05) is 11.5 Å². The van der Waals surface area contributed by atoms with Crippen molar-refractivity contribution in [3.63, 3.8) is 0 Å². The first kappa shape index (κ1) is 12.9. The van der Waals surface area contributed by atoms with Crippen LogP contribution in [0.15, 0.2) is 18.2 Å². The zero-order chi connectivity index (χ0) is 13.6. The first-order chi connectivity index (χ1) is 8.98. The maximum atomic E-state index is 11.5. The summed E-state index contributed by atoms with van der Waals surface area (Å²) in [4.78, 5) is 3.24. The van der Waals surface area contributed by atoms with Gasteiger partial charge in [-0.15, -0.1) is 0 Å². The van der Waals surface area contributed by atoms with Crippen molar-refractivity contribution in [3.05, 3.63) is 28.5 Å². The van der Waals surface area contributed by atoms with E-state index in [2.05, 4.69) is 9.55 Å². The van der Waals surface area contributed by atoms with E-state index in [1.54, 1.807) is 0 Å². The fraction of sp³-hybridized carbons (Fsp3) is 0.462. The third kappa shape index (κ3) is 2.23. The molecule has 1 N–H and O–H groups in total. The quantitative estimate of drug-likeness (QED) is 0.823. The van der Waals surface area contributed by atoms with Gasteiger partial charge in [-0.25, -0.2) is 8.42 Å². The van der Waals surface area contributed by atoms with E-state index in [1.165, 1.54) is 0 Å². The van der Waals surface area contributed by atoms with Crippen LogP contribution in [0.2, 0.25) is 0 Å². The summed E-state index contributed by atoms with van der Waals surface area (Å²) < 4.78 is 25.8. The number of para-hydroxylation sites is 1. The minimum Gasteiger partial charge on any atom is -0.330 e. The number of aromatic amines is 1. The highest BCUT2D eigenvalue weighted by Crippen LogP contribution is 2.29. The maximum absolute atomic E-state index is 11.5. The highest BCUT2D eigenvalue weighted by atomic mass is 32.2. The summed E-state index contributed by atoms with van der Waals surface area (Å²) in [5.41, 5.74) is 3.29. The molecule has 2 aromatic rings. The molecule has 0 unspecified atom stereocenters. The number of aryl methyl sites for hydroxylation is 1. The summed E-state index contributed by atoms with van der Waals surface area (Å²) in [6.45, 7) is 2.04. The number of hydrogen-bond donors (Lipinski definition) is 1. The fourth-order valence-electron chi connectivity index (χ4n) is 2.79. The van der Waals surface area contributed by atoms with E-state index in [0.29, 0.717) is 17.6 Å². The topological polar surface area (TPSA) is 54.9 Å². The van der Waals surface area contributed by atoms with Gasteiger partial charge in [0.05, 0.1) is 22.5 Å². The normalized spacial score (nSPS) is 19.8. The molecule has 1 aliphatic heterocycles. The van der Waals surface area contributed by atoms with Gasteiger partial charge in [-0.2, -0.15) is 0 Å². The SMILES string of the molecule is Cc1cccc2c1[nH]c(=S)n2C1CCS(=O)(=O)CC1. The molecule has 3 rings (SSSR count). The first-order valence-electron chi connectivity index (χ1n) is 6.38. The van der Waals surface area contributed by atoms with Gasteiger partial charge in [-0.3, -0.25) is 0 Å². The predicted molar refractivity (Wildman–Crippen MR) is 78.8 cm³/mol. The van der Waals surface area contributed by atoms with Crippen LogP contribution < -0.4 is 0 Å². The molecule has 0 amide bonds. The van der Waals surface area contributed by atoms with Crippen molar-refractivity contribution in [2.45, 2.75) is 25.8 Å². The van der Waals surface area contributed by atoms with Gasteiger partial charge in [0, 0.05) is 6.04 Å². The monoisotopic (exact) mass is 296 g/mol. The van der Waals surface area contributed by atoms with Crippen LogP contribution in [0.1, 0.15) is 24.4 Å². The Bertz CT molecular complexity index is 773. The van der Waals surface area contributed by atoms with Crippen molar-refractivity contribution < 1.29 is 8.42 Å². The third-order valence-corrected chi connectivity index (χ3v) is 5.86. The summed E-state index contributed by atoms with van der Waals surface area (Å²) in [6, 6.07) is 6.28. The van der Waals surface area contributed by atoms with Crippen molar-refractivity contribution in [2.24, 2.45) is 0 Å². The second-order valence-electron chi connectivity index (χ2n) is 5.15. The van der Waals surface area contributed by atoms with Gasteiger partial charge in [0.15, 0.2) is 4.77 Å². The summed E-state index contributed by atoms with van der Waals surface area (Å²) in [6.07, 6.45) is 1.30. The smallest absolute Gasteiger partial charge is 0.178 e. The molecule has 6 heteroatoms. The van der Waals surface area contributed by atoms with Crippen LogP contribution >= 0.6 is 12.2 Å². The van der Waals surface area contributed by atoms with E-state index in [1.807, 2.05) is 25.1 Å². The predicted octanol–water partition coefficient (Wildman–Crippen LogP) is 2.76. The Morgan fingerprint density at radius 2 is 2.00 bits per heavy atom. The number of H-pyrrole nitrogens is 1. The minimum atomic E-state index is -2.84. The zero-order valence-corrected chi connectivity index (χ0v) is 12.4. The Morgan fingerprint density at radius 3 is 2.68 bits per heavy atom. The summed E-state index contributed by atoms with van der Waals surface area (Å²) in [5.74, 6) is 0.524. The molecule has 0 aliphatic carbocycles. The van der Waals surface area contributed by atoms with Crippen LogP contribution in [0.5, 0.6) is 0 Å². The van der Waals surface area contributed by atoms with Crippen LogP contribution in [0, 0.1) is 11.7 Å². The molecule has 0 spiro atoms. The molecule has 0 radical (unpaired) electrons. The molecule has 1 saturated heterocycles. The highest BCUT2D eigenvalue weighted by molar-refractivity contribution is 7.91. The Kier molecular flexibility index (Phi) is 3.02. The number of benzene rings is 1. The largest absolute Gasteiger partial charge is 0.330 e. The highest BCUT2D eigenvalue weighted by Gasteiger charge is 2.26. The molecular formula is C13H16N2O2S2. The van der Waals surface area contributed by atoms with E-state index in [4.69, 9.17) is 12.2 Å². The maximum Gasteiger partial charge on any atom is 0.178 e. The lowest BCUT2D eigenvalue weighted by Crippen LogP contribution is -2.25. The average Bonchev–Trinajstić information content (AvgIpc) is 2.68.